The van der Waals surface area contributed by atoms with E-state index in [0.29, 0.717) is 18.0 Å². The number of carbonyl (C=O) groups is 1. The van der Waals surface area contributed by atoms with Crippen molar-refractivity contribution in [1.29, 1.82) is 0 Å². The van der Waals surface area contributed by atoms with Gasteiger partial charge in [0.05, 0.1) is 11.5 Å². The summed E-state index contributed by atoms with van der Waals surface area (Å²) in [7, 11) is 0. The SMILES string of the molecule is CCCCCCOc1cccc(NC(=O)c2cccc([N+](=O)[O-])c2)c1. The molecule has 0 bridgehead atoms. The number of nitrogens with one attached hydrogen (secondary N) is 1. The molecule has 0 heterocycles. The molecule has 0 aromatic heterocycles. The van der Waals surface area contributed by atoms with Crippen LogP contribution in [0.1, 0.15) is 43.0 Å². The van der Waals surface area contributed by atoms with Crippen molar-refractivity contribution < 1.29 is 14.5 Å². The quantitative estimate of drug-likeness (QED) is 0.403. The monoisotopic (exact) mass is 342 g/mol. The van der Waals surface area contributed by atoms with E-state index in [1.165, 1.54) is 37.1 Å². The van der Waals surface area contributed by atoms with Crippen molar-refractivity contribution in [3.8, 4) is 5.75 Å². The average Bonchev–Trinajstić information content (AvgIpc) is 2.62. The largest absolute Gasteiger partial charge is 0.494 e. The molecule has 0 fully saturated rings. The number of ether oxygens (including phenoxy) is 1. The minimum Gasteiger partial charge on any atom is -0.494 e. The normalized spacial score (nSPS) is 10.3. The summed E-state index contributed by atoms with van der Waals surface area (Å²) in [6.07, 6.45) is 4.51. The van der Waals surface area contributed by atoms with Gasteiger partial charge in [-0.15, -0.1) is 0 Å². The van der Waals surface area contributed by atoms with Gasteiger partial charge >= 0.3 is 0 Å². The molecule has 6 heteroatoms. The standard InChI is InChI=1S/C19H22N2O4/c1-2-3-4-5-12-25-18-11-7-9-16(14-18)20-19(22)15-8-6-10-17(13-15)21(23)24/h6-11,13-14H,2-5,12H2,1H3,(H,20,22). The lowest BCUT2D eigenvalue weighted by Crippen LogP contribution is -2.12. The van der Waals surface area contributed by atoms with Crippen LogP contribution in [0.5, 0.6) is 5.75 Å². The number of nitro groups is 1. The Bertz CT molecular complexity index is 731. The molecule has 1 amide bonds. The van der Waals surface area contributed by atoms with Gasteiger partial charge in [0.1, 0.15) is 5.75 Å². The van der Waals surface area contributed by atoms with Crippen molar-refractivity contribution in [1.82, 2.24) is 0 Å². The minimum absolute atomic E-state index is 0.114. The number of anilines is 1. The first-order valence-corrected chi connectivity index (χ1v) is 8.39. The second-order valence-electron chi connectivity index (χ2n) is 5.70. The predicted octanol–water partition coefficient (Wildman–Crippen LogP) is 4.81. The Morgan fingerprint density at radius 2 is 1.92 bits per heavy atom. The van der Waals surface area contributed by atoms with Crippen molar-refractivity contribution in [2.45, 2.75) is 32.6 Å². The molecule has 0 unspecified atom stereocenters. The molecule has 0 saturated heterocycles. The summed E-state index contributed by atoms with van der Waals surface area (Å²) in [6.45, 7) is 2.80. The van der Waals surface area contributed by atoms with Crippen molar-refractivity contribution >= 4 is 17.3 Å². The van der Waals surface area contributed by atoms with Crippen molar-refractivity contribution in [3.63, 3.8) is 0 Å². The first-order chi connectivity index (χ1) is 12.1. The van der Waals surface area contributed by atoms with E-state index < -0.39 is 10.8 Å². The highest BCUT2D eigenvalue weighted by molar-refractivity contribution is 6.04. The first-order valence-electron chi connectivity index (χ1n) is 8.39. The summed E-state index contributed by atoms with van der Waals surface area (Å²) in [5.74, 6) is 0.289. The Labute approximate surface area is 147 Å². The number of non-ortho nitro benzene ring substituents is 1. The van der Waals surface area contributed by atoms with Crippen LogP contribution < -0.4 is 10.1 Å². The fourth-order valence-electron chi connectivity index (χ4n) is 2.35. The van der Waals surface area contributed by atoms with E-state index in [4.69, 9.17) is 4.74 Å². The van der Waals surface area contributed by atoms with Crippen LogP contribution >= 0.6 is 0 Å². The molecule has 0 spiro atoms. The maximum absolute atomic E-state index is 12.3. The first kappa shape index (κ1) is 18.4. The molecule has 6 nitrogen and oxygen atoms in total. The molecule has 0 saturated carbocycles. The Balaban J connectivity index is 1.95. The van der Waals surface area contributed by atoms with Crippen LogP contribution in [0.4, 0.5) is 11.4 Å². The number of benzene rings is 2. The summed E-state index contributed by atoms with van der Waals surface area (Å²) in [4.78, 5) is 22.5. The lowest BCUT2D eigenvalue weighted by atomic mass is 10.2. The fraction of sp³-hybridized carbons (Fsp3) is 0.316. The van der Waals surface area contributed by atoms with Crippen LogP contribution in [0.2, 0.25) is 0 Å². The highest BCUT2D eigenvalue weighted by Gasteiger charge is 2.11. The molecule has 2 rings (SSSR count). The summed E-state index contributed by atoms with van der Waals surface area (Å²) >= 11 is 0. The summed E-state index contributed by atoms with van der Waals surface area (Å²) in [5, 5.41) is 13.5. The van der Waals surface area contributed by atoms with E-state index >= 15 is 0 Å². The predicted molar refractivity (Wildman–Crippen MR) is 97.1 cm³/mol. The third-order valence-corrected chi connectivity index (χ3v) is 3.68. The summed E-state index contributed by atoms with van der Waals surface area (Å²) < 4.78 is 5.69. The Kier molecular flexibility index (Phi) is 6.95. The van der Waals surface area contributed by atoms with Crippen molar-refractivity contribution in [2.75, 3.05) is 11.9 Å². The Morgan fingerprint density at radius 3 is 2.68 bits per heavy atom. The Morgan fingerprint density at radius 1 is 1.12 bits per heavy atom. The molecule has 2 aromatic rings. The lowest BCUT2D eigenvalue weighted by Gasteiger charge is -2.09. The van der Waals surface area contributed by atoms with E-state index in [2.05, 4.69) is 12.2 Å². The van der Waals surface area contributed by atoms with Crippen LogP contribution in [-0.2, 0) is 0 Å². The summed E-state index contributed by atoms with van der Waals surface area (Å²) in [6, 6.07) is 12.8. The van der Waals surface area contributed by atoms with Gasteiger partial charge in [0.15, 0.2) is 0 Å². The number of nitro benzene ring substituents is 1. The number of unbranched alkanes of at least 4 members (excludes halogenated alkanes) is 3. The molecule has 2 aromatic carbocycles. The minimum atomic E-state index is -0.524. The van der Waals surface area contributed by atoms with Crippen LogP contribution in [0.25, 0.3) is 0 Å². The number of hydrogen-bond donors (Lipinski definition) is 1. The highest BCUT2D eigenvalue weighted by Crippen LogP contribution is 2.20. The second-order valence-corrected chi connectivity index (χ2v) is 5.70. The zero-order valence-electron chi connectivity index (χ0n) is 14.2. The number of rotatable bonds is 9. The molecule has 0 aliphatic carbocycles. The fourth-order valence-corrected chi connectivity index (χ4v) is 2.35. The van der Waals surface area contributed by atoms with Crippen LogP contribution in [0.15, 0.2) is 48.5 Å². The van der Waals surface area contributed by atoms with Gasteiger partial charge in [0, 0.05) is 29.4 Å². The zero-order valence-corrected chi connectivity index (χ0v) is 14.2. The molecular weight excluding hydrogens is 320 g/mol. The molecule has 0 aliphatic rings. The van der Waals surface area contributed by atoms with Crippen molar-refractivity contribution in [2.24, 2.45) is 0 Å². The smallest absolute Gasteiger partial charge is 0.270 e. The number of hydrogen-bond acceptors (Lipinski definition) is 4. The topological polar surface area (TPSA) is 81.5 Å². The van der Waals surface area contributed by atoms with Gasteiger partial charge in [-0.25, -0.2) is 0 Å². The molecule has 25 heavy (non-hydrogen) atoms. The van der Waals surface area contributed by atoms with E-state index in [-0.39, 0.29) is 11.3 Å². The van der Waals surface area contributed by atoms with Crippen LogP contribution in [-0.4, -0.2) is 17.4 Å². The third kappa shape index (κ3) is 5.91. The summed E-state index contributed by atoms with van der Waals surface area (Å²) in [5.41, 5.74) is 0.708. The van der Waals surface area contributed by atoms with Gasteiger partial charge in [-0.3, -0.25) is 14.9 Å². The van der Waals surface area contributed by atoms with Crippen LogP contribution in [0, 0.1) is 10.1 Å². The van der Waals surface area contributed by atoms with Gasteiger partial charge in [0.25, 0.3) is 11.6 Å². The maximum atomic E-state index is 12.3. The zero-order chi connectivity index (χ0) is 18.1. The van der Waals surface area contributed by atoms with Gasteiger partial charge < -0.3 is 10.1 Å². The maximum Gasteiger partial charge on any atom is 0.270 e. The van der Waals surface area contributed by atoms with Gasteiger partial charge in [-0.05, 0) is 24.6 Å². The Hall–Kier alpha value is -2.89. The lowest BCUT2D eigenvalue weighted by molar-refractivity contribution is -0.384. The van der Waals surface area contributed by atoms with E-state index in [9.17, 15) is 14.9 Å². The van der Waals surface area contributed by atoms with Gasteiger partial charge in [-0.2, -0.15) is 0 Å². The molecule has 132 valence electrons. The molecule has 0 aliphatic heterocycles. The molecular formula is C19H22N2O4. The number of carbonyl (C=O) groups excluding carboxylic acids is 1. The third-order valence-electron chi connectivity index (χ3n) is 3.68. The number of nitrogens with zero attached hydrogens (tertiary/aromatic N) is 1. The molecule has 1 N–H and O–H groups in total. The van der Waals surface area contributed by atoms with Crippen LogP contribution in [0.3, 0.4) is 0 Å². The van der Waals surface area contributed by atoms with E-state index in [0.717, 1.165) is 12.8 Å². The van der Waals surface area contributed by atoms with Gasteiger partial charge in [0.2, 0.25) is 0 Å². The average molecular weight is 342 g/mol. The molecule has 0 atom stereocenters. The second kappa shape index (κ2) is 9.42. The van der Waals surface area contributed by atoms with E-state index in [1.807, 2.05) is 6.07 Å². The van der Waals surface area contributed by atoms with Gasteiger partial charge in [-0.1, -0.05) is 38.3 Å². The van der Waals surface area contributed by atoms with E-state index in [1.54, 1.807) is 18.2 Å². The molecule has 0 radical (unpaired) electrons. The number of amides is 1. The van der Waals surface area contributed by atoms with Crippen molar-refractivity contribution in [3.05, 3.63) is 64.2 Å². The highest BCUT2D eigenvalue weighted by atomic mass is 16.6.